The summed E-state index contributed by atoms with van der Waals surface area (Å²) in [6.07, 6.45) is 7.95. The van der Waals surface area contributed by atoms with Gasteiger partial charge in [0, 0.05) is 18.2 Å². The Bertz CT molecular complexity index is 523. The molecule has 1 aromatic carbocycles. The number of likely N-dealkylation sites (tertiary alicyclic amines) is 1. The molecule has 2 fully saturated rings. The summed E-state index contributed by atoms with van der Waals surface area (Å²) < 4.78 is 13.7. The first kappa shape index (κ1) is 14.5. The van der Waals surface area contributed by atoms with Gasteiger partial charge in [-0.1, -0.05) is 12.8 Å². The Kier molecular flexibility index (Phi) is 4.24. The Morgan fingerprint density at radius 2 is 1.95 bits per heavy atom. The number of hydrogen-bond acceptors (Lipinski definition) is 2. The van der Waals surface area contributed by atoms with Gasteiger partial charge in [0.15, 0.2) is 0 Å². The van der Waals surface area contributed by atoms with Crippen molar-refractivity contribution in [2.45, 2.75) is 51.1 Å². The molecular weight excluding hydrogens is 265 g/mol. The second-order valence-corrected chi connectivity index (χ2v) is 6.49. The Morgan fingerprint density at radius 3 is 2.67 bits per heavy atom. The van der Waals surface area contributed by atoms with Gasteiger partial charge in [0.2, 0.25) is 0 Å². The number of benzene rings is 1. The van der Waals surface area contributed by atoms with E-state index in [-0.39, 0.29) is 11.7 Å². The van der Waals surface area contributed by atoms with E-state index in [0.717, 1.165) is 24.6 Å². The molecule has 114 valence electrons. The lowest BCUT2D eigenvalue weighted by molar-refractivity contribution is 0.183. The molecule has 1 atom stereocenters. The van der Waals surface area contributed by atoms with Crippen LogP contribution >= 0.6 is 0 Å². The SMILES string of the molecule is N=C(N)c1cc(F)cc(CN2CCCC2C2CCCC2)c1. The summed E-state index contributed by atoms with van der Waals surface area (Å²) in [6.45, 7) is 1.88. The van der Waals surface area contributed by atoms with E-state index in [1.807, 2.05) is 6.07 Å². The predicted molar refractivity (Wildman–Crippen MR) is 82.8 cm³/mol. The molecule has 0 amide bonds. The van der Waals surface area contributed by atoms with Crippen molar-refractivity contribution < 1.29 is 4.39 Å². The molecule has 1 saturated heterocycles. The standard InChI is InChI=1S/C17H24FN3/c18-15-9-12(8-14(10-15)17(19)20)11-21-7-3-6-16(21)13-4-1-2-5-13/h8-10,13,16H,1-7,11H2,(H3,19,20). The smallest absolute Gasteiger partial charge is 0.124 e. The van der Waals surface area contributed by atoms with Gasteiger partial charge in [-0.15, -0.1) is 0 Å². The molecule has 0 aromatic heterocycles. The third-order valence-corrected chi connectivity index (χ3v) is 5.01. The first-order chi connectivity index (χ1) is 10.1. The summed E-state index contributed by atoms with van der Waals surface area (Å²) in [7, 11) is 0. The van der Waals surface area contributed by atoms with Gasteiger partial charge in [-0.25, -0.2) is 4.39 Å². The number of nitrogens with two attached hydrogens (primary N) is 1. The summed E-state index contributed by atoms with van der Waals surface area (Å²) >= 11 is 0. The van der Waals surface area contributed by atoms with Crippen LogP contribution in [-0.4, -0.2) is 23.3 Å². The second kappa shape index (κ2) is 6.14. The van der Waals surface area contributed by atoms with Gasteiger partial charge < -0.3 is 5.73 Å². The van der Waals surface area contributed by atoms with Crippen molar-refractivity contribution in [2.24, 2.45) is 11.7 Å². The largest absolute Gasteiger partial charge is 0.384 e. The fraction of sp³-hybridized carbons (Fsp3) is 0.588. The van der Waals surface area contributed by atoms with E-state index in [9.17, 15) is 4.39 Å². The molecule has 1 aliphatic heterocycles. The van der Waals surface area contributed by atoms with Crippen LogP contribution in [0.25, 0.3) is 0 Å². The van der Waals surface area contributed by atoms with E-state index in [2.05, 4.69) is 4.90 Å². The average molecular weight is 289 g/mol. The van der Waals surface area contributed by atoms with E-state index in [4.69, 9.17) is 11.1 Å². The van der Waals surface area contributed by atoms with E-state index >= 15 is 0 Å². The number of nitrogens with one attached hydrogen (secondary N) is 1. The maximum absolute atomic E-state index is 13.7. The molecule has 0 spiro atoms. The normalized spacial score (nSPS) is 23.8. The fourth-order valence-electron chi connectivity index (χ4n) is 4.06. The Balaban J connectivity index is 1.74. The van der Waals surface area contributed by atoms with Crippen molar-refractivity contribution >= 4 is 5.84 Å². The molecule has 1 heterocycles. The minimum absolute atomic E-state index is 0.0653. The average Bonchev–Trinajstić information content (AvgIpc) is 3.08. The molecule has 1 aromatic rings. The molecule has 21 heavy (non-hydrogen) atoms. The van der Waals surface area contributed by atoms with Crippen molar-refractivity contribution in [1.29, 1.82) is 5.41 Å². The summed E-state index contributed by atoms with van der Waals surface area (Å²) in [5.74, 6) is 0.465. The molecule has 1 aliphatic carbocycles. The quantitative estimate of drug-likeness (QED) is 0.660. The van der Waals surface area contributed by atoms with Gasteiger partial charge in [-0.3, -0.25) is 10.3 Å². The van der Waals surface area contributed by atoms with Crippen molar-refractivity contribution in [1.82, 2.24) is 4.90 Å². The summed E-state index contributed by atoms with van der Waals surface area (Å²) in [5, 5.41) is 7.49. The lowest BCUT2D eigenvalue weighted by Crippen LogP contribution is -2.34. The van der Waals surface area contributed by atoms with Crippen molar-refractivity contribution in [2.75, 3.05) is 6.54 Å². The lowest BCUT2D eigenvalue weighted by atomic mass is 9.95. The molecule has 3 nitrogen and oxygen atoms in total. The summed E-state index contributed by atoms with van der Waals surface area (Å²) in [4.78, 5) is 2.51. The highest BCUT2D eigenvalue weighted by molar-refractivity contribution is 5.95. The lowest BCUT2D eigenvalue weighted by Gasteiger charge is -2.29. The highest BCUT2D eigenvalue weighted by atomic mass is 19.1. The number of nitrogens with zero attached hydrogens (tertiary/aromatic N) is 1. The van der Waals surface area contributed by atoms with Crippen LogP contribution in [0, 0.1) is 17.1 Å². The van der Waals surface area contributed by atoms with Crippen LogP contribution in [-0.2, 0) is 6.54 Å². The zero-order valence-corrected chi connectivity index (χ0v) is 12.4. The van der Waals surface area contributed by atoms with Gasteiger partial charge in [-0.2, -0.15) is 0 Å². The number of amidine groups is 1. The number of nitrogen functional groups attached to an aromatic ring is 1. The van der Waals surface area contributed by atoms with Crippen molar-refractivity contribution in [3.8, 4) is 0 Å². The molecule has 3 rings (SSSR count). The van der Waals surface area contributed by atoms with E-state index < -0.39 is 0 Å². The molecular formula is C17H24FN3. The fourth-order valence-corrected chi connectivity index (χ4v) is 4.06. The van der Waals surface area contributed by atoms with Crippen LogP contribution in [0.2, 0.25) is 0 Å². The zero-order chi connectivity index (χ0) is 14.8. The zero-order valence-electron chi connectivity index (χ0n) is 12.4. The third-order valence-electron chi connectivity index (χ3n) is 5.01. The molecule has 0 radical (unpaired) electrons. The van der Waals surface area contributed by atoms with E-state index in [0.29, 0.717) is 11.6 Å². The molecule has 2 aliphatic rings. The number of rotatable bonds is 4. The van der Waals surface area contributed by atoms with Crippen LogP contribution in [0.4, 0.5) is 4.39 Å². The minimum atomic E-state index is -0.297. The summed E-state index contributed by atoms with van der Waals surface area (Å²) in [5.41, 5.74) is 6.91. The van der Waals surface area contributed by atoms with Gasteiger partial charge in [0.25, 0.3) is 0 Å². The highest BCUT2D eigenvalue weighted by Crippen LogP contribution is 2.36. The maximum Gasteiger partial charge on any atom is 0.124 e. The van der Waals surface area contributed by atoms with Gasteiger partial charge in [-0.05, 0) is 61.9 Å². The minimum Gasteiger partial charge on any atom is -0.384 e. The molecule has 4 heteroatoms. The predicted octanol–water partition coefficient (Wildman–Crippen LogP) is 3.26. The maximum atomic E-state index is 13.7. The van der Waals surface area contributed by atoms with Crippen molar-refractivity contribution in [3.05, 3.63) is 35.1 Å². The van der Waals surface area contributed by atoms with Crippen LogP contribution in [0.1, 0.15) is 49.7 Å². The summed E-state index contributed by atoms with van der Waals surface area (Å²) in [6, 6.07) is 5.44. The highest BCUT2D eigenvalue weighted by Gasteiger charge is 2.33. The molecule has 3 N–H and O–H groups in total. The van der Waals surface area contributed by atoms with Crippen LogP contribution < -0.4 is 5.73 Å². The van der Waals surface area contributed by atoms with Crippen LogP contribution in [0.3, 0.4) is 0 Å². The topological polar surface area (TPSA) is 53.1 Å². The third kappa shape index (κ3) is 3.26. The molecule has 0 bridgehead atoms. The first-order valence-electron chi connectivity index (χ1n) is 8.01. The first-order valence-corrected chi connectivity index (χ1v) is 8.01. The number of hydrogen-bond donors (Lipinski definition) is 2. The Labute approximate surface area is 125 Å². The Morgan fingerprint density at radius 1 is 1.19 bits per heavy atom. The monoisotopic (exact) mass is 289 g/mol. The molecule has 1 saturated carbocycles. The number of halogens is 1. The van der Waals surface area contributed by atoms with Crippen LogP contribution in [0.15, 0.2) is 18.2 Å². The second-order valence-electron chi connectivity index (χ2n) is 6.49. The van der Waals surface area contributed by atoms with Crippen molar-refractivity contribution in [3.63, 3.8) is 0 Å². The van der Waals surface area contributed by atoms with E-state index in [1.165, 1.54) is 44.6 Å². The van der Waals surface area contributed by atoms with Gasteiger partial charge >= 0.3 is 0 Å². The van der Waals surface area contributed by atoms with Crippen LogP contribution in [0.5, 0.6) is 0 Å². The van der Waals surface area contributed by atoms with Gasteiger partial charge in [0.1, 0.15) is 11.7 Å². The molecule has 1 unspecified atom stereocenters. The van der Waals surface area contributed by atoms with Gasteiger partial charge in [0.05, 0.1) is 0 Å². The van der Waals surface area contributed by atoms with E-state index in [1.54, 1.807) is 6.07 Å². The Hall–Kier alpha value is -1.42.